The molecule has 176 valence electrons. The summed E-state index contributed by atoms with van der Waals surface area (Å²) < 4.78 is 11.0. The zero-order valence-corrected chi connectivity index (χ0v) is 19.7. The van der Waals surface area contributed by atoms with Gasteiger partial charge in [0.05, 0.1) is 24.8 Å². The number of aliphatic hydroxyl groups excluding tert-OH is 1. The second-order valence-electron chi connectivity index (χ2n) is 8.57. The van der Waals surface area contributed by atoms with Crippen LogP contribution in [-0.2, 0) is 14.3 Å². The van der Waals surface area contributed by atoms with Gasteiger partial charge in [0.2, 0.25) is 0 Å². The molecular formula is C28H29NO5. The van der Waals surface area contributed by atoms with Crippen molar-refractivity contribution < 1.29 is 24.2 Å². The molecule has 3 aromatic rings. The first-order valence-electron chi connectivity index (χ1n) is 11.4. The number of rotatable bonds is 8. The molecule has 0 spiro atoms. The van der Waals surface area contributed by atoms with E-state index in [0.29, 0.717) is 36.4 Å². The fraction of sp³-hybridized carbons (Fsp3) is 0.286. The van der Waals surface area contributed by atoms with Crippen molar-refractivity contribution in [3.63, 3.8) is 0 Å². The Hall–Kier alpha value is -3.64. The van der Waals surface area contributed by atoms with E-state index in [-0.39, 0.29) is 17.4 Å². The molecule has 3 aromatic carbocycles. The molecule has 0 bridgehead atoms. The van der Waals surface area contributed by atoms with Gasteiger partial charge in [-0.3, -0.25) is 9.59 Å². The highest BCUT2D eigenvalue weighted by atomic mass is 16.5. The number of nitrogens with zero attached hydrogens (tertiary/aromatic N) is 1. The van der Waals surface area contributed by atoms with Crippen LogP contribution in [0.5, 0.6) is 5.75 Å². The van der Waals surface area contributed by atoms with Crippen molar-refractivity contribution in [1.82, 2.24) is 4.90 Å². The largest absolute Gasteiger partial charge is 0.507 e. The highest BCUT2D eigenvalue weighted by Gasteiger charge is 2.46. The molecule has 1 N–H and O–H groups in total. The van der Waals surface area contributed by atoms with Crippen LogP contribution in [0.3, 0.4) is 0 Å². The first-order chi connectivity index (χ1) is 16.4. The maximum absolute atomic E-state index is 13.3. The summed E-state index contributed by atoms with van der Waals surface area (Å²) in [4.78, 5) is 27.9. The predicted octanol–water partition coefficient (Wildman–Crippen LogP) is 5.09. The molecule has 4 rings (SSSR count). The Morgan fingerprint density at radius 2 is 1.76 bits per heavy atom. The molecule has 6 heteroatoms. The van der Waals surface area contributed by atoms with Gasteiger partial charge in [0.1, 0.15) is 11.5 Å². The Morgan fingerprint density at radius 3 is 2.53 bits per heavy atom. The van der Waals surface area contributed by atoms with E-state index in [9.17, 15) is 14.7 Å². The van der Waals surface area contributed by atoms with E-state index in [0.717, 1.165) is 10.8 Å². The van der Waals surface area contributed by atoms with Gasteiger partial charge in [-0.05, 0) is 48.7 Å². The number of benzene rings is 3. The van der Waals surface area contributed by atoms with Crippen molar-refractivity contribution >= 4 is 28.2 Å². The third-order valence-corrected chi connectivity index (χ3v) is 5.99. The van der Waals surface area contributed by atoms with E-state index in [1.807, 2.05) is 62.4 Å². The summed E-state index contributed by atoms with van der Waals surface area (Å²) in [6.45, 7) is 4.69. The standard InChI is InChI=1S/C28H29NO5/c1-18(2)34-16-8-15-29-25(20-11-6-12-21(17-20)33-3)24(27(31)28(29)32)26(30)23-14-7-10-19-9-4-5-13-22(19)23/h4-7,9-14,17-18,25,30H,8,15-16H2,1-3H3/b26-24-. The molecule has 1 aliphatic rings. The van der Waals surface area contributed by atoms with Crippen molar-refractivity contribution in [2.24, 2.45) is 0 Å². The number of aliphatic hydroxyl groups is 1. The van der Waals surface area contributed by atoms with Crippen LogP contribution in [0.4, 0.5) is 0 Å². The molecule has 1 unspecified atom stereocenters. The average Bonchev–Trinajstić information content (AvgIpc) is 3.10. The highest BCUT2D eigenvalue weighted by Crippen LogP contribution is 2.41. The molecule has 0 aromatic heterocycles. The number of hydrogen-bond donors (Lipinski definition) is 1. The Balaban J connectivity index is 1.83. The van der Waals surface area contributed by atoms with E-state index >= 15 is 0 Å². The third kappa shape index (κ3) is 4.54. The lowest BCUT2D eigenvalue weighted by Gasteiger charge is -2.26. The normalized spacial score (nSPS) is 17.6. The van der Waals surface area contributed by atoms with Crippen LogP contribution in [0.25, 0.3) is 16.5 Å². The van der Waals surface area contributed by atoms with Gasteiger partial charge in [-0.2, -0.15) is 0 Å². The summed E-state index contributed by atoms with van der Waals surface area (Å²) in [6.07, 6.45) is 0.649. The first-order valence-corrected chi connectivity index (χ1v) is 11.4. The Morgan fingerprint density at radius 1 is 1.03 bits per heavy atom. The van der Waals surface area contributed by atoms with Gasteiger partial charge in [-0.25, -0.2) is 0 Å². The Labute approximate surface area is 199 Å². The lowest BCUT2D eigenvalue weighted by molar-refractivity contribution is -0.140. The van der Waals surface area contributed by atoms with Crippen molar-refractivity contribution in [1.29, 1.82) is 0 Å². The quantitative estimate of drug-likeness (QED) is 0.220. The first kappa shape index (κ1) is 23.5. The molecule has 0 saturated carbocycles. The number of carbonyl (C=O) groups excluding carboxylic acids is 2. The van der Waals surface area contributed by atoms with Crippen LogP contribution in [0.1, 0.15) is 37.4 Å². The lowest BCUT2D eigenvalue weighted by atomic mass is 9.93. The van der Waals surface area contributed by atoms with Gasteiger partial charge >= 0.3 is 0 Å². The van der Waals surface area contributed by atoms with Crippen molar-refractivity contribution in [2.75, 3.05) is 20.3 Å². The van der Waals surface area contributed by atoms with Gasteiger partial charge < -0.3 is 19.5 Å². The monoisotopic (exact) mass is 459 g/mol. The minimum absolute atomic E-state index is 0.0796. The number of methoxy groups -OCH3 is 1. The number of hydrogen-bond acceptors (Lipinski definition) is 5. The van der Waals surface area contributed by atoms with Crippen molar-refractivity contribution in [2.45, 2.75) is 32.4 Å². The second-order valence-corrected chi connectivity index (χ2v) is 8.57. The zero-order valence-electron chi connectivity index (χ0n) is 19.7. The number of fused-ring (bicyclic) bond motifs is 1. The predicted molar refractivity (Wildman–Crippen MR) is 132 cm³/mol. The summed E-state index contributed by atoms with van der Waals surface area (Å²) in [5.74, 6) is -0.887. The van der Waals surface area contributed by atoms with Gasteiger partial charge in [-0.1, -0.05) is 54.6 Å². The van der Waals surface area contributed by atoms with Gasteiger partial charge in [0, 0.05) is 18.7 Å². The number of ether oxygens (including phenoxy) is 2. The van der Waals surface area contributed by atoms with Crippen LogP contribution in [0.2, 0.25) is 0 Å². The van der Waals surface area contributed by atoms with E-state index in [1.54, 1.807) is 25.3 Å². The Bertz CT molecular complexity index is 1240. The van der Waals surface area contributed by atoms with Crippen LogP contribution in [-0.4, -0.2) is 48.1 Å². The fourth-order valence-corrected chi connectivity index (χ4v) is 4.40. The Kier molecular flexibility index (Phi) is 6.98. The number of ketones is 1. The summed E-state index contributed by atoms with van der Waals surface area (Å²) in [5.41, 5.74) is 1.30. The van der Waals surface area contributed by atoms with Crippen LogP contribution in [0.15, 0.2) is 72.3 Å². The number of carbonyl (C=O) groups is 2. The molecule has 1 fully saturated rings. The van der Waals surface area contributed by atoms with Crippen LogP contribution < -0.4 is 4.74 Å². The van der Waals surface area contributed by atoms with Gasteiger partial charge in [-0.15, -0.1) is 0 Å². The van der Waals surface area contributed by atoms with Gasteiger partial charge in [0.25, 0.3) is 11.7 Å². The smallest absolute Gasteiger partial charge is 0.295 e. The maximum Gasteiger partial charge on any atom is 0.295 e. The molecule has 0 aliphatic carbocycles. The number of amides is 1. The summed E-state index contributed by atoms with van der Waals surface area (Å²) in [6, 6.07) is 19.7. The minimum Gasteiger partial charge on any atom is -0.507 e. The topological polar surface area (TPSA) is 76.1 Å². The molecule has 1 atom stereocenters. The van der Waals surface area contributed by atoms with E-state index in [2.05, 4.69) is 0 Å². The lowest BCUT2D eigenvalue weighted by Crippen LogP contribution is -2.31. The number of Topliss-reactive ketones (excluding diaryl/α,β-unsaturated/α-hetero) is 1. The average molecular weight is 460 g/mol. The summed E-state index contributed by atoms with van der Waals surface area (Å²) in [5, 5.41) is 13.2. The number of likely N-dealkylation sites (tertiary alicyclic amines) is 1. The van der Waals surface area contributed by atoms with Gasteiger partial charge in [0.15, 0.2) is 0 Å². The maximum atomic E-state index is 13.3. The minimum atomic E-state index is -0.729. The molecule has 1 saturated heterocycles. The van der Waals surface area contributed by atoms with Crippen LogP contribution >= 0.6 is 0 Å². The molecule has 1 amide bonds. The molecule has 1 aliphatic heterocycles. The van der Waals surface area contributed by atoms with Crippen molar-refractivity contribution in [3.8, 4) is 5.75 Å². The van der Waals surface area contributed by atoms with E-state index < -0.39 is 17.7 Å². The second kappa shape index (κ2) is 10.1. The van der Waals surface area contributed by atoms with Crippen LogP contribution in [0, 0.1) is 0 Å². The van der Waals surface area contributed by atoms with E-state index in [4.69, 9.17) is 9.47 Å². The molecule has 6 nitrogen and oxygen atoms in total. The third-order valence-electron chi connectivity index (χ3n) is 5.99. The SMILES string of the molecule is COc1cccc(C2/C(=C(/O)c3cccc4ccccc34)C(=O)C(=O)N2CCCOC(C)C)c1. The molecule has 0 radical (unpaired) electrons. The summed E-state index contributed by atoms with van der Waals surface area (Å²) >= 11 is 0. The summed E-state index contributed by atoms with van der Waals surface area (Å²) in [7, 11) is 1.56. The zero-order chi connectivity index (χ0) is 24.2. The molecule has 1 heterocycles. The fourth-order valence-electron chi connectivity index (χ4n) is 4.40. The van der Waals surface area contributed by atoms with E-state index in [1.165, 1.54) is 4.90 Å². The molecular weight excluding hydrogens is 430 g/mol. The highest BCUT2D eigenvalue weighted by molar-refractivity contribution is 6.46. The van der Waals surface area contributed by atoms with Crippen molar-refractivity contribution in [3.05, 3.63) is 83.4 Å². The molecule has 34 heavy (non-hydrogen) atoms.